The third-order valence-electron chi connectivity index (χ3n) is 9.21. The number of hydrogen-bond acceptors (Lipinski definition) is 6. The highest BCUT2D eigenvalue weighted by molar-refractivity contribution is 6.06. The van der Waals surface area contributed by atoms with Gasteiger partial charge in [-0.25, -0.2) is 0 Å². The van der Waals surface area contributed by atoms with E-state index in [0.717, 1.165) is 54.9 Å². The zero-order chi connectivity index (χ0) is 27.6. The maximum Gasteiger partial charge on any atom is 0.255 e. The summed E-state index contributed by atoms with van der Waals surface area (Å²) in [5, 5.41) is 6.70. The third-order valence-corrected chi connectivity index (χ3v) is 9.21. The van der Waals surface area contributed by atoms with Gasteiger partial charge in [0, 0.05) is 48.3 Å². The van der Waals surface area contributed by atoms with Gasteiger partial charge in [-0.05, 0) is 62.0 Å². The molecule has 4 aliphatic heterocycles. The van der Waals surface area contributed by atoms with Gasteiger partial charge >= 0.3 is 0 Å². The number of imide groups is 1. The predicted octanol–water partition coefficient (Wildman–Crippen LogP) is 3.08. The lowest BCUT2D eigenvalue weighted by molar-refractivity contribution is -0.136. The van der Waals surface area contributed by atoms with Crippen LogP contribution in [0, 0.1) is 6.92 Å². The molecule has 1 N–H and O–H groups in total. The molecule has 1 aromatic heterocycles. The van der Waals surface area contributed by atoms with E-state index in [4.69, 9.17) is 4.74 Å². The van der Waals surface area contributed by atoms with Gasteiger partial charge in [0.2, 0.25) is 11.8 Å². The number of amides is 3. The van der Waals surface area contributed by atoms with E-state index >= 15 is 0 Å². The second-order valence-electron chi connectivity index (χ2n) is 11.8. The highest BCUT2D eigenvalue weighted by Gasteiger charge is 2.48. The van der Waals surface area contributed by atoms with E-state index in [9.17, 15) is 14.4 Å². The van der Waals surface area contributed by atoms with Crippen LogP contribution in [0.5, 0.6) is 5.75 Å². The minimum atomic E-state index is -0.622. The average molecular weight is 540 g/mol. The van der Waals surface area contributed by atoms with E-state index in [2.05, 4.69) is 45.6 Å². The maximum absolute atomic E-state index is 13.4. The van der Waals surface area contributed by atoms with Crippen LogP contribution in [-0.4, -0.2) is 63.0 Å². The number of carbonyl (C=O) groups is 3. The average Bonchev–Trinajstić information content (AvgIpc) is 3.62. The molecule has 0 saturated carbocycles. The summed E-state index contributed by atoms with van der Waals surface area (Å²) in [4.78, 5) is 41.8. The van der Waals surface area contributed by atoms with E-state index in [0.29, 0.717) is 25.1 Å². The Hall–Kier alpha value is -3.98. The molecule has 2 aromatic carbocycles. The Morgan fingerprint density at radius 2 is 1.95 bits per heavy atom. The number of ether oxygens (including phenoxy) is 1. The number of nitrogens with one attached hydrogen (secondary N) is 1. The van der Waals surface area contributed by atoms with Crippen molar-refractivity contribution in [1.29, 1.82) is 0 Å². The Morgan fingerprint density at radius 3 is 2.70 bits per heavy atom. The maximum atomic E-state index is 13.4. The molecule has 1 atom stereocenters. The van der Waals surface area contributed by atoms with Crippen molar-refractivity contribution < 1.29 is 19.1 Å². The fourth-order valence-corrected chi connectivity index (χ4v) is 7.01. The van der Waals surface area contributed by atoms with E-state index in [1.54, 1.807) is 4.90 Å². The molecular formula is C31H33N5O4. The van der Waals surface area contributed by atoms with Crippen molar-refractivity contribution in [3.63, 3.8) is 0 Å². The lowest BCUT2D eigenvalue weighted by Crippen LogP contribution is -2.52. The zero-order valence-corrected chi connectivity index (χ0v) is 22.9. The van der Waals surface area contributed by atoms with Crippen LogP contribution in [0.1, 0.15) is 58.3 Å². The number of benzene rings is 2. The molecule has 9 nitrogen and oxygen atoms in total. The van der Waals surface area contributed by atoms with E-state index in [1.165, 1.54) is 16.7 Å². The quantitative estimate of drug-likeness (QED) is 0.512. The Bertz CT molecular complexity index is 1550. The monoisotopic (exact) mass is 539 g/mol. The van der Waals surface area contributed by atoms with Gasteiger partial charge in [0.05, 0.1) is 24.9 Å². The molecule has 7 rings (SSSR count). The van der Waals surface area contributed by atoms with Crippen molar-refractivity contribution in [3.05, 3.63) is 70.5 Å². The van der Waals surface area contributed by atoms with Crippen LogP contribution in [0.3, 0.4) is 0 Å². The molecule has 9 heteroatoms. The number of likely N-dealkylation sites (tertiary alicyclic amines) is 1. The molecule has 5 heterocycles. The summed E-state index contributed by atoms with van der Waals surface area (Å²) in [5.74, 6) is 0.0294. The molecule has 3 amide bonds. The first-order valence-electron chi connectivity index (χ1n) is 14.1. The standard InChI is InChI=1S/C31H33N5O4/c1-19-12-24-28(23-17-36(30(39)27(19)23)25-6-7-26(37)33-29(25)38)40-18-31(24)8-10-35(11-9-31)15-20-4-3-5-21(13-20)22-14-32-34(2)16-22/h3-5,12-14,16,25H,6-11,15,17-18H2,1-2H3,(H,33,37,38)/t25-/m0/s1. The van der Waals surface area contributed by atoms with Crippen molar-refractivity contribution in [3.8, 4) is 16.9 Å². The van der Waals surface area contributed by atoms with Crippen LogP contribution < -0.4 is 10.1 Å². The van der Waals surface area contributed by atoms with Gasteiger partial charge in [-0.2, -0.15) is 5.10 Å². The van der Waals surface area contributed by atoms with Gasteiger partial charge in [-0.3, -0.25) is 29.3 Å². The zero-order valence-electron chi connectivity index (χ0n) is 22.9. The van der Waals surface area contributed by atoms with Crippen LogP contribution in [0.25, 0.3) is 11.1 Å². The SMILES string of the molecule is Cc1cc2c(c3c1C(=O)N([C@H]1CCC(=O)NC1=O)C3)OCC21CCN(Cc2cccc(-c3cnn(C)c3)c2)CC1. The van der Waals surface area contributed by atoms with Crippen LogP contribution in [0.4, 0.5) is 0 Å². The van der Waals surface area contributed by atoms with Crippen molar-refractivity contribution in [2.24, 2.45) is 7.05 Å². The fourth-order valence-electron chi connectivity index (χ4n) is 7.01. The number of aromatic nitrogens is 2. The normalized spacial score (nSPS) is 21.9. The molecule has 0 aliphatic carbocycles. The second kappa shape index (κ2) is 9.30. The number of nitrogens with zero attached hydrogens (tertiary/aromatic N) is 4. The van der Waals surface area contributed by atoms with Gasteiger partial charge in [-0.1, -0.05) is 24.3 Å². The first kappa shape index (κ1) is 25.0. The summed E-state index contributed by atoms with van der Waals surface area (Å²) < 4.78 is 8.20. The molecule has 206 valence electrons. The van der Waals surface area contributed by atoms with E-state index in [1.807, 2.05) is 31.0 Å². The van der Waals surface area contributed by atoms with Crippen molar-refractivity contribution >= 4 is 17.7 Å². The Kier molecular flexibility index (Phi) is 5.82. The predicted molar refractivity (Wildman–Crippen MR) is 148 cm³/mol. The lowest BCUT2D eigenvalue weighted by atomic mass is 9.73. The third kappa shape index (κ3) is 4.02. The van der Waals surface area contributed by atoms with Crippen molar-refractivity contribution in [2.45, 2.75) is 57.2 Å². The Balaban J connectivity index is 1.08. The minimum absolute atomic E-state index is 0.0612. The van der Waals surface area contributed by atoms with Crippen LogP contribution in [0.2, 0.25) is 0 Å². The summed E-state index contributed by atoms with van der Waals surface area (Å²) in [7, 11) is 1.93. The Morgan fingerprint density at radius 1 is 1.12 bits per heavy atom. The summed E-state index contributed by atoms with van der Waals surface area (Å²) in [6.07, 6.45) is 6.53. The number of carbonyl (C=O) groups excluding carboxylic acids is 3. The number of piperidine rings is 2. The minimum Gasteiger partial charge on any atom is -0.492 e. The summed E-state index contributed by atoms with van der Waals surface area (Å²) >= 11 is 0. The van der Waals surface area contributed by atoms with Gasteiger partial charge in [0.1, 0.15) is 11.8 Å². The highest BCUT2D eigenvalue weighted by Crippen LogP contribution is 2.50. The molecule has 40 heavy (non-hydrogen) atoms. The molecule has 3 aromatic rings. The molecule has 1 spiro atoms. The molecule has 4 aliphatic rings. The van der Waals surface area contributed by atoms with Crippen LogP contribution >= 0.6 is 0 Å². The van der Waals surface area contributed by atoms with Crippen molar-refractivity contribution in [2.75, 3.05) is 19.7 Å². The Labute approximate surface area is 233 Å². The number of hydrogen-bond donors (Lipinski definition) is 1. The number of fused-ring (bicyclic) bond motifs is 4. The van der Waals surface area contributed by atoms with Crippen molar-refractivity contribution in [1.82, 2.24) is 24.9 Å². The summed E-state index contributed by atoms with van der Waals surface area (Å²) in [6, 6.07) is 10.2. The molecule has 0 unspecified atom stereocenters. The van der Waals surface area contributed by atoms with Gasteiger partial charge in [0.15, 0.2) is 0 Å². The highest BCUT2D eigenvalue weighted by atomic mass is 16.5. The number of aryl methyl sites for hydroxylation is 2. The van der Waals surface area contributed by atoms with E-state index < -0.39 is 6.04 Å². The second-order valence-corrected chi connectivity index (χ2v) is 11.8. The lowest BCUT2D eigenvalue weighted by Gasteiger charge is -2.38. The van der Waals surface area contributed by atoms with Crippen LogP contribution in [0.15, 0.2) is 42.7 Å². The summed E-state index contributed by atoms with van der Waals surface area (Å²) in [5.41, 5.74) is 7.24. The molecule has 0 bridgehead atoms. The van der Waals surface area contributed by atoms with Gasteiger partial charge < -0.3 is 9.64 Å². The topological polar surface area (TPSA) is 96.8 Å². The largest absolute Gasteiger partial charge is 0.492 e. The fraction of sp³-hybridized carbons (Fsp3) is 0.419. The molecular weight excluding hydrogens is 506 g/mol. The molecule has 2 saturated heterocycles. The number of rotatable bonds is 4. The van der Waals surface area contributed by atoms with E-state index in [-0.39, 0.29) is 29.6 Å². The molecule has 0 radical (unpaired) electrons. The van der Waals surface area contributed by atoms with Gasteiger partial charge in [-0.15, -0.1) is 0 Å². The summed E-state index contributed by atoms with van der Waals surface area (Å²) in [6.45, 7) is 5.79. The van der Waals surface area contributed by atoms with Crippen LogP contribution in [-0.2, 0) is 35.1 Å². The smallest absolute Gasteiger partial charge is 0.255 e. The first-order chi connectivity index (χ1) is 19.3. The van der Waals surface area contributed by atoms with Gasteiger partial charge in [0.25, 0.3) is 5.91 Å². The molecule has 2 fully saturated rings. The first-order valence-corrected chi connectivity index (χ1v) is 14.1.